The van der Waals surface area contributed by atoms with Gasteiger partial charge in [-0.15, -0.1) is 0 Å². The van der Waals surface area contributed by atoms with Crippen molar-refractivity contribution in [3.05, 3.63) is 77.3 Å². The molecule has 3 aromatic carbocycles. The van der Waals surface area contributed by atoms with Crippen LogP contribution in [0.25, 0.3) is 10.8 Å². The Morgan fingerprint density at radius 1 is 0.962 bits per heavy atom. The van der Waals surface area contributed by atoms with Gasteiger partial charge in [0.2, 0.25) is 0 Å². The van der Waals surface area contributed by atoms with Crippen LogP contribution in [0.4, 0.5) is 10.5 Å². The fraction of sp³-hybridized carbons (Fsp3) is 0.100. The van der Waals surface area contributed by atoms with Gasteiger partial charge in [0, 0.05) is 16.8 Å². The topological polar surface area (TPSA) is 78.4 Å². The number of halogens is 1. The molecule has 0 spiro atoms. The smallest absolute Gasteiger partial charge is 0.326 e. The van der Waals surface area contributed by atoms with Crippen LogP contribution in [0.2, 0.25) is 5.02 Å². The van der Waals surface area contributed by atoms with Gasteiger partial charge >= 0.3 is 12.0 Å². The van der Waals surface area contributed by atoms with Gasteiger partial charge in [-0.25, -0.2) is 9.59 Å². The van der Waals surface area contributed by atoms with E-state index < -0.39 is 18.0 Å². The standard InChI is InChI=1S/C20H17ClN2O3/c21-15-10-8-13(9-11-15)12-18(19(24)25)23-20(26)22-17-7-3-5-14-4-1-2-6-16(14)17/h1-11,18H,12H2,(H,24,25)(H2,22,23,26)/t18-/m0/s1. The molecule has 0 bridgehead atoms. The van der Waals surface area contributed by atoms with Crippen LogP contribution >= 0.6 is 11.6 Å². The SMILES string of the molecule is O=C(Nc1cccc2ccccc12)N[C@@H](Cc1ccc(Cl)cc1)C(=O)O. The lowest BCUT2D eigenvalue weighted by atomic mass is 10.1. The van der Waals surface area contributed by atoms with Crippen molar-refractivity contribution in [2.75, 3.05) is 5.32 Å². The van der Waals surface area contributed by atoms with Crippen LogP contribution in [-0.2, 0) is 11.2 Å². The van der Waals surface area contributed by atoms with Gasteiger partial charge < -0.3 is 15.7 Å². The third-order valence-corrected chi connectivity index (χ3v) is 4.25. The van der Waals surface area contributed by atoms with Crippen molar-refractivity contribution < 1.29 is 14.7 Å². The summed E-state index contributed by atoms with van der Waals surface area (Å²) < 4.78 is 0. The second-order valence-electron chi connectivity index (χ2n) is 5.85. The van der Waals surface area contributed by atoms with Crippen LogP contribution in [-0.4, -0.2) is 23.1 Å². The van der Waals surface area contributed by atoms with Crippen LogP contribution in [0.1, 0.15) is 5.56 Å². The minimum absolute atomic E-state index is 0.162. The molecule has 3 N–H and O–H groups in total. The molecule has 5 nitrogen and oxygen atoms in total. The Morgan fingerprint density at radius 2 is 1.65 bits per heavy atom. The maximum Gasteiger partial charge on any atom is 0.326 e. The van der Waals surface area contributed by atoms with Crippen LogP contribution in [0, 0.1) is 0 Å². The summed E-state index contributed by atoms with van der Waals surface area (Å²) in [4.78, 5) is 23.8. The van der Waals surface area contributed by atoms with Gasteiger partial charge in [-0.3, -0.25) is 0 Å². The third-order valence-electron chi connectivity index (χ3n) is 3.99. The fourth-order valence-electron chi connectivity index (χ4n) is 2.71. The Labute approximate surface area is 155 Å². The Hall–Kier alpha value is -3.05. The molecule has 3 rings (SSSR count). The van der Waals surface area contributed by atoms with E-state index in [-0.39, 0.29) is 6.42 Å². The zero-order valence-electron chi connectivity index (χ0n) is 13.8. The highest BCUT2D eigenvalue weighted by atomic mass is 35.5. The number of fused-ring (bicyclic) bond motifs is 1. The first-order chi connectivity index (χ1) is 12.5. The molecule has 26 heavy (non-hydrogen) atoms. The fourth-order valence-corrected chi connectivity index (χ4v) is 2.83. The first kappa shape index (κ1) is 17.8. The number of urea groups is 1. The van der Waals surface area contributed by atoms with Gasteiger partial charge in [0.05, 0.1) is 5.69 Å². The van der Waals surface area contributed by atoms with Crippen LogP contribution < -0.4 is 10.6 Å². The van der Waals surface area contributed by atoms with Gasteiger partial charge in [-0.2, -0.15) is 0 Å². The molecule has 0 saturated carbocycles. The van der Waals surface area contributed by atoms with Crippen LogP contribution in [0.5, 0.6) is 0 Å². The number of carbonyl (C=O) groups is 2. The quantitative estimate of drug-likeness (QED) is 0.627. The highest BCUT2D eigenvalue weighted by molar-refractivity contribution is 6.30. The lowest BCUT2D eigenvalue weighted by Gasteiger charge is -2.16. The molecule has 0 radical (unpaired) electrons. The van der Waals surface area contributed by atoms with Crippen LogP contribution in [0.15, 0.2) is 66.7 Å². The Kier molecular flexibility index (Phi) is 5.39. The maximum absolute atomic E-state index is 12.3. The molecule has 0 aliphatic heterocycles. The average Bonchev–Trinajstić information content (AvgIpc) is 2.63. The van der Waals surface area contributed by atoms with E-state index >= 15 is 0 Å². The molecule has 0 aliphatic carbocycles. The van der Waals surface area contributed by atoms with E-state index in [0.29, 0.717) is 10.7 Å². The molecule has 0 aromatic heterocycles. The molecule has 0 fully saturated rings. The molecule has 3 aromatic rings. The number of benzene rings is 3. The van der Waals surface area contributed by atoms with E-state index in [1.807, 2.05) is 36.4 Å². The number of rotatable bonds is 5. The molecule has 0 saturated heterocycles. The van der Waals surface area contributed by atoms with E-state index in [1.165, 1.54) is 0 Å². The first-order valence-electron chi connectivity index (χ1n) is 8.05. The van der Waals surface area contributed by atoms with Crippen molar-refractivity contribution in [3.63, 3.8) is 0 Å². The van der Waals surface area contributed by atoms with Crippen LogP contribution in [0.3, 0.4) is 0 Å². The minimum Gasteiger partial charge on any atom is -0.480 e. The molecule has 132 valence electrons. The van der Waals surface area contributed by atoms with Crippen molar-refractivity contribution in [3.8, 4) is 0 Å². The van der Waals surface area contributed by atoms with Gasteiger partial charge in [-0.05, 0) is 29.1 Å². The molecule has 2 amide bonds. The molecular formula is C20H17ClN2O3. The number of carboxylic acids is 1. The highest BCUT2D eigenvalue weighted by Crippen LogP contribution is 2.22. The van der Waals surface area contributed by atoms with E-state index in [0.717, 1.165) is 16.3 Å². The van der Waals surface area contributed by atoms with Crippen molar-refractivity contribution in [2.45, 2.75) is 12.5 Å². The van der Waals surface area contributed by atoms with Gasteiger partial charge in [-0.1, -0.05) is 60.1 Å². The van der Waals surface area contributed by atoms with E-state index in [9.17, 15) is 14.7 Å². The zero-order valence-corrected chi connectivity index (χ0v) is 14.5. The number of carbonyl (C=O) groups excluding carboxylic acids is 1. The maximum atomic E-state index is 12.3. The number of hydrogen-bond donors (Lipinski definition) is 3. The lowest BCUT2D eigenvalue weighted by molar-refractivity contribution is -0.139. The average molecular weight is 369 g/mol. The van der Waals surface area contributed by atoms with Gasteiger partial charge in [0.1, 0.15) is 6.04 Å². The highest BCUT2D eigenvalue weighted by Gasteiger charge is 2.20. The predicted molar refractivity (Wildman–Crippen MR) is 103 cm³/mol. The second-order valence-corrected chi connectivity index (χ2v) is 6.28. The Bertz CT molecular complexity index is 936. The summed E-state index contributed by atoms with van der Waals surface area (Å²) in [7, 11) is 0. The Morgan fingerprint density at radius 3 is 2.38 bits per heavy atom. The zero-order chi connectivity index (χ0) is 18.5. The van der Waals surface area contributed by atoms with E-state index in [4.69, 9.17) is 11.6 Å². The van der Waals surface area contributed by atoms with Gasteiger partial charge in [0.25, 0.3) is 0 Å². The summed E-state index contributed by atoms with van der Waals surface area (Å²) in [5.74, 6) is -1.10. The van der Waals surface area contributed by atoms with Gasteiger partial charge in [0.15, 0.2) is 0 Å². The summed E-state index contributed by atoms with van der Waals surface area (Å²) in [6.45, 7) is 0. The number of amides is 2. The number of aliphatic carboxylic acids is 1. The predicted octanol–water partition coefficient (Wildman–Crippen LogP) is 4.31. The summed E-state index contributed by atoms with van der Waals surface area (Å²) in [5, 5.41) is 17.1. The normalized spacial score (nSPS) is 11.7. The largest absolute Gasteiger partial charge is 0.480 e. The molecular weight excluding hydrogens is 352 g/mol. The molecule has 0 aliphatic rings. The summed E-state index contributed by atoms with van der Waals surface area (Å²) >= 11 is 5.84. The lowest BCUT2D eigenvalue weighted by Crippen LogP contribution is -2.44. The number of carboxylic acid groups (broad SMARTS) is 1. The summed E-state index contributed by atoms with van der Waals surface area (Å²) in [5.41, 5.74) is 1.39. The number of nitrogens with one attached hydrogen (secondary N) is 2. The van der Waals surface area contributed by atoms with Crippen molar-refractivity contribution in [2.24, 2.45) is 0 Å². The first-order valence-corrected chi connectivity index (χ1v) is 8.43. The molecule has 1 atom stereocenters. The third kappa shape index (κ3) is 4.32. The Balaban J connectivity index is 1.71. The van der Waals surface area contributed by atoms with E-state index in [2.05, 4.69) is 10.6 Å². The summed E-state index contributed by atoms with van der Waals surface area (Å²) in [6, 6.07) is 18.4. The number of hydrogen-bond acceptors (Lipinski definition) is 2. The minimum atomic E-state index is -1.10. The molecule has 0 heterocycles. The number of anilines is 1. The van der Waals surface area contributed by atoms with Crippen molar-refractivity contribution in [1.29, 1.82) is 0 Å². The van der Waals surface area contributed by atoms with E-state index in [1.54, 1.807) is 30.3 Å². The van der Waals surface area contributed by atoms with Crippen molar-refractivity contribution >= 4 is 40.1 Å². The van der Waals surface area contributed by atoms with Crippen molar-refractivity contribution in [1.82, 2.24) is 5.32 Å². The second kappa shape index (κ2) is 7.89. The molecule has 6 heteroatoms. The monoisotopic (exact) mass is 368 g/mol. The molecule has 0 unspecified atom stereocenters. The summed E-state index contributed by atoms with van der Waals surface area (Å²) in [6.07, 6.45) is 0.162.